The summed E-state index contributed by atoms with van der Waals surface area (Å²) in [4.78, 5) is 13.9. The molecule has 2 N–H and O–H groups in total. The third-order valence-corrected chi connectivity index (χ3v) is 3.61. The van der Waals surface area contributed by atoms with Crippen molar-refractivity contribution < 1.29 is 4.79 Å². The van der Waals surface area contributed by atoms with Gasteiger partial charge in [-0.3, -0.25) is 4.79 Å². The highest BCUT2D eigenvalue weighted by Gasteiger charge is 2.20. The first-order valence-electron chi connectivity index (χ1n) is 5.93. The Kier molecular flexibility index (Phi) is 4.18. The number of halogens is 1. The molecule has 1 atom stereocenters. The summed E-state index contributed by atoms with van der Waals surface area (Å²) in [7, 11) is 0. The van der Waals surface area contributed by atoms with Gasteiger partial charge in [-0.1, -0.05) is 28.1 Å². The summed E-state index contributed by atoms with van der Waals surface area (Å²) in [5.74, 6) is 0.183. The summed E-state index contributed by atoms with van der Waals surface area (Å²) in [6.07, 6.45) is 2.52. The van der Waals surface area contributed by atoms with E-state index in [0.717, 1.165) is 29.4 Å². The predicted molar refractivity (Wildman–Crippen MR) is 71.6 cm³/mol. The molecule has 0 saturated carbocycles. The number of benzene rings is 1. The lowest BCUT2D eigenvalue weighted by Gasteiger charge is -2.30. The standard InChI is InChI=1S/C13H17BrN2O/c14-11-5-3-10(4-6-11)8-13(17)16-7-1-2-12(15)9-16/h3-6,12H,1-2,7-9,15H2/t12-/m1/s1. The summed E-state index contributed by atoms with van der Waals surface area (Å²) in [5, 5.41) is 0. The van der Waals surface area contributed by atoms with E-state index in [1.165, 1.54) is 0 Å². The monoisotopic (exact) mass is 296 g/mol. The molecule has 92 valence electrons. The van der Waals surface area contributed by atoms with E-state index in [1.807, 2.05) is 29.2 Å². The number of carbonyl (C=O) groups excluding carboxylic acids is 1. The van der Waals surface area contributed by atoms with Gasteiger partial charge in [-0.05, 0) is 30.5 Å². The number of rotatable bonds is 2. The lowest BCUT2D eigenvalue weighted by molar-refractivity contribution is -0.131. The van der Waals surface area contributed by atoms with Crippen LogP contribution in [-0.4, -0.2) is 29.9 Å². The molecule has 0 bridgehead atoms. The van der Waals surface area contributed by atoms with Gasteiger partial charge < -0.3 is 10.6 Å². The van der Waals surface area contributed by atoms with E-state index in [1.54, 1.807) is 0 Å². The molecule has 0 radical (unpaired) electrons. The minimum Gasteiger partial charge on any atom is -0.341 e. The Morgan fingerprint density at radius 3 is 2.76 bits per heavy atom. The SMILES string of the molecule is N[C@@H]1CCCN(C(=O)Cc2ccc(Br)cc2)C1. The quantitative estimate of drug-likeness (QED) is 0.907. The summed E-state index contributed by atoms with van der Waals surface area (Å²) in [5.41, 5.74) is 6.93. The van der Waals surface area contributed by atoms with Crippen LogP contribution in [0.5, 0.6) is 0 Å². The molecule has 1 aromatic rings. The Labute approximate surface area is 110 Å². The molecule has 1 amide bonds. The van der Waals surface area contributed by atoms with Gasteiger partial charge in [0.05, 0.1) is 6.42 Å². The van der Waals surface area contributed by atoms with Crippen LogP contribution >= 0.6 is 15.9 Å². The summed E-state index contributed by atoms with van der Waals surface area (Å²) < 4.78 is 1.04. The Morgan fingerprint density at radius 1 is 1.41 bits per heavy atom. The largest absolute Gasteiger partial charge is 0.341 e. The van der Waals surface area contributed by atoms with Crippen LogP contribution in [0.1, 0.15) is 18.4 Å². The molecule has 3 nitrogen and oxygen atoms in total. The van der Waals surface area contributed by atoms with Crippen molar-refractivity contribution in [2.24, 2.45) is 5.73 Å². The van der Waals surface area contributed by atoms with Gasteiger partial charge in [0.2, 0.25) is 5.91 Å². The molecule has 0 aromatic heterocycles. The van der Waals surface area contributed by atoms with Crippen molar-refractivity contribution in [3.05, 3.63) is 34.3 Å². The number of carbonyl (C=O) groups is 1. The van der Waals surface area contributed by atoms with Gasteiger partial charge in [0.1, 0.15) is 0 Å². The third kappa shape index (κ3) is 3.54. The maximum absolute atomic E-state index is 12.1. The summed E-state index contributed by atoms with van der Waals surface area (Å²) in [6, 6.07) is 8.03. The van der Waals surface area contributed by atoms with Gasteiger partial charge in [0.25, 0.3) is 0 Å². The number of nitrogens with two attached hydrogens (primary N) is 1. The van der Waals surface area contributed by atoms with E-state index in [2.05, 4.69) is 15.9 Å². The Morgan fingerprint density at radius 2 is 2.12 bits per heavy atom. The molecule has 17 heavy (non-hydrogen) atoms. The highest BCUT2D eigenvalue weighted by atomic mass is 79.9. The third-order valence-electron chi connectivity index (χ3n) is 3.08. The second kappa shape index (κ2) is 5.65. The Balaban J connectivity index is 1.94. The van der Waals surface area contributed by atoms with Crippen molar-refractivity contribution in [1.82, 2.24) is 4.90 Å². The molecular formula is C13H17BrN2O. The average Bonchev–Trinajstić information content (AvgIpc) is 2.32. The van der Waals surface area contributed by atoms with E-state index in [9.17, 15) is 4.79 Å². The number of amides is 1. The second-order valence-corrected chi connectivity index (χ2v) is 5.46. The summed E-state index contributed by atoms with van der Waals surface area (Å²) in [6.45, 7) is 1.55. The van der Waals surface area contributed by atoms with E-state index >= 15 is 0 Å². The topological polar surface area (TPSA) is 46.3 Å². The average molecular weight is 297 g/mol. The zero-order valence-corrected chi connectivity index (χ0v) is 11.3. The number of likely N-dealkylation sites (tertiary alicyclic amines) is 1. The molecule has 1 aromatic carbocycles. The normalized spacial score (nSPS) is 20.4. The maximum atomic E-state index is 12.1. The smallest absolute Gasteiger partial charge is 0.227 e. The minimum atomic E-state index is 0.151. The molecule has 1 aliphatic rings. The summed E-state index contributed by atoms with van der Waals surface area (Å²) >= 11 is 3.38. The van der Waals surface area contributed by atoms with Crippen LogP contribution in [0.3, 0.4) is 0 Å². The molecule has 1 heterocycles. The van der Waals surface area contributed by atoms with Gasteiger partial charge in [-0.25, -0.2) is 0 Å². The van der Waals surface area contributed by atoms with Crippen molar-refractivity contribution in [3.8, 4) is 0 Å². The first kappa shape index (κ1) is 12.6. The first-order valence-corrected chi connectivity index (χ1v) is 6.72. The highest BCUT2D eigenvalue weighted by molar-refractivity contribution is 9.10. The van der Waals surface area contributed by atoms with E-state index in [0.29, 0.717) is 13.0 Å². The molecule has 0 spiro atoms. The van der Waals surface area contributed by atoms with Gasteiger partial charge in [-0.15, -0.1) is 0 Å². The van der Waals surface area contributed by atoms with Crippen LogP contribution in [0.4, 0.5) is 0 Å². The minimum absolute atomic E-state index is 0.151. The van der Waals surface area contributed by atoms with Crippen LogP contribution in [0.25, 0.3) is 0 Å². The fourth-order valence-electron chi connectivity index (χ4n) is 2.13. The molecule has 1 aliphatic heterocycles. The lowest BCUT2D eigenvalue weighted by atomic mass is 10.1. The Hall–Kier alpha value is -0.870. The van der Waals surface area contributed by atoms with Crippen LogP contribution in [-0.2, 0) is 11.2 Å². The van der Waals surface area contributed by atoms with E-state index < -0.39 is 0 Å². The zero-order valence-electron chi connectivity index (χ0n) is 9.73. The first-order chi connectivity index (χ1) is 8.15. The molecular weight excluding hydrogens is 280 g/mol. The fourth-order valence-corrected chi connectivity index (χ4v) is 2.39. The van der Waals surface area contributed by atoms with Crippen molar-refractivity contribution >= 4 is 21.8 Å². The highest BCUT2D eigenvalue weighted by Crippen LogP contribution is 2.13. The maximum Gasteiger partial charge on any atom is 0.227 e. The number of piperidine rings is 1. The molecule has 1 fully saturated rings. The molecule has 0 unspecified atom stereocenters. The van der Waals surface area contributed by atoms with E-state index in [-0.39, 0.29) is 11.9 Å². The van der Waals surface area contributed by atoms with Crippen LogP contribution in [0.2, 0.25) is 0 Å². The molecule has 4 heteroatoms. The second-order valence-electron chi connectivity index (χ2n) is 4.55. The Bertz CT molecular complexity index is 391. The number of hydrogen-bond donors (Lipinski definition) is 1. The van der Waals surface area contributed by atoms with E-state index in [4.69, 9.17) is 5.73 Å². The van der Waals surface area contributed by atoms with Gasteiger partial charge >= 0.3 is 0 Å². The van der Waals surface area contributed by atoms with Crippen LogP contribution in [0.15, 0.2) is 28.7 Å². The molecule has 2 rings (SSSR count). The van der Waals surface area contributed by atoms with Crippen molar-refractivity contribution in [2.75, 3.05) is 13.1 Å². The zero-order chi connectivity index (χ0) is 12.3. The fraction of sp³-hybridized carbons (Fsp3) is 0.462. The predicted octanol–water partition coefficient (Wildman–Crippen LogP) is 1.94. The lowest BCUT2D eigenvalue weighted by Crippen LogP contribution is -2.46. The van der Waals surface area contributed by atoms with Crippen molar-refractivity contribution in [1.29, 1.82) is 0 Å². The van der Waals surface area contributed by atoms with Crippen molar-refractivity contribution in [3.63, 3.8) is 0 Å². The van der Waals surface area contributed by atoms with Crippen molar-refractivity contribution in [2.45, 2.75) is 25.3 Å². The number of hydrogen-bond acceptors (Lipinski definition) is 2. The van der Waals surface area contributed by atoms with Gasteiger partial charge in [0, 0.05) is 23.6 Å². The van der Waals surface area contributed by atoms with Crippen LogP contribution < -0.4 is 5.73 Å². The molecule has 0 aliphatic carbocycles. The van der Waals surface area contributed by atoms with Crippen LogP contribution in [0, 0.1) is 0 Å². The number of nitrogens with zero attached hydrogens (tertiary/aromatic N) is 1. The van der Waals surface area contributed by atoms with Gasteiger partial charge in [-0.2, -0.15) is 0 Å². The van der Waals surface area contributed by atoms with Gasteiger partial charge in [0.15, 0.2) is 0 Å². The molecule has 1 saturated heterocycles.